The summed E-state index contributed by atoms with van der Waals surface area (Å²) >= 11 is 0. The monoisotopic (exact) mass is 187 g/mol. The van der Waals surface area contributed by atoms with Gasteiger partial charge in [-0.3, -0.25) is 4.79 Å². The maximum absolute atomic E-state index is 9.96. The third-order valence-electron chi connectivity index (χ3n) is 2.11. The van der Waals surface area contributed by atoms with E-state index in [9.17, 15) is 4.79 Å². The van der Waals surface area contributed by atoms with Crippen LogP contribution < -0.4 is 0 Å². The standard InChI is InChI=1S/C13H15O/c1-11(2)13-8-6-12(7-9-13)5-3-4-10-14/h3,5-9,11H,4H2,1-2H3/b5-3+. The Hall–Kier alpha value is -1.37. The molecule has 0 aliphatic heterocycles. The van der Waals surface area contributed by atoms with Crippen molar-refractivity contribution in [3.05, 3.63) is 41.5 Å². The molecule has 0 atom stereocenters. The van der Waals surface area contributed by atoms with Crippen molar-refractivity contribution in [1.29, 1.82) is 0 Å². The summed E-state index contributed by atoms with van der Waals surface area (Å²) in [5.41, 5.74) is 2.47. The van der Waals surface area contributed by atoms with Crippen molar-refractivity contribution in [2.24, 2.45) is 0 Å². The Labute approximate surface area is 85.5 Å². The second-order valence-corrected chi connectivity index (χ2v) is 3.57. The molecule has 0 amide bonds. The van der Waals surface area contributed by atoms with Crippen molar-refractivity contribution >= 4 is 12.4 Å². The van der Waals surface area contributed by atoms with Crippen LogP contribution >= 0.6 is 0 Å². The second kappa shape index (κ2) is 5.38. The summed E-state index contributed by atoms with van der Waals surface area (Å²) in [7, 11) is 0. The molecule has 1 heteroatoms. The molecular formula is C13H15O. The van der Waals surface area contributed by atoms with E-state index < -0.39 is 0 Å². The van der Waals surface area contributed by atoms with Gasteiger partial charge in [-0.25, -0.2) is 0 Å². The minimum absolute atomic E-state index is 0.367. The normalized spacial score (nSPS) is 11.1. The Morgan fingerprint density at radius 2 is 1.93 bits per heavy atom. The smallest absolute Gasteiger partial charge is 0.202 e. The highest BCUT2D eigenvalue weighted by atomic mass is 16.1. The van der Waals surface area contributed by atoms with Gasteiger partial charge in [0.1, 0.15) is 0 Å². The summed E-state index contributed by atoms with van der Waals surface area (Å²) in [4.78, 5) is 9.96. The third kappa shape index (κ3) is 3.17. The molecule has 0 aliphatic carbocycles. The van der Waals surface area contributed by atoms with E-state index in [1.165, 1.54) is 5.56 Å². The summed E-state index contributed by atoms with van der Waals surface area (Å²) < 4.78 is 0. The van der Waals surface area contributed by atoms with Gasteiger partial charge in [0, 0.05) is 6.42 Å². The van der Waals surface area contributed by atoms with Crippen molar-refractivity contribution in [1.82, 2.24) is 0 Å². The van der Waals surface area contributed by atoms with Gasteiger partial charge in [-0.05, 0) is 17.0 Å². The van der Waals surface area contributed by atoms with Crippen LogP contribution in [0.5, 0.6) is 0 Å². The lowest BCUT2D eigenvalue weighted by atomic mass is 10.0. The zero-order valence-corrected chi connectivity index (χ0v) is 8.66. The Morgan fingerprint density at radius 3 is 2.43 bits per heavy atom. The number of rotatable bonds is 4. The van der Waals surface area contributed by atoms with Crippen molar-refractivity contribution in [3.8, 4) is 0 Å². The van der Waals surface area contributed by atoms with Crippen molar-refractivity contribution < 1.29 is 4.79 Å². The van der Waals surface area contributed by atoms with Gasteiger partial charge in [0.2, 0.25) is 6.29 Å². The van der Waals surface area contributed by atoms with Crippen LogP contribution in [0.25, 0.3) is 6.08 Å². The Balaban J connectivity index is 2.68. The van der Waals surface area contributed by atoms with E-state index in [2.05, 4.69) is 38.1 Å². The van der Waals surface area contributed by atoms with E-state index in [0.29, 0.717) is 12.3 Å². The van der Waals surface area contributed by atoms with Gasteiger partial charge in [0.15, 0.2) is 0 Å². The van der Waals surface area contributed by atoms with Crippen LogP contribution in [0.1, 0.15) is 37.3 Å². The molecule has 0 unspecified atom stereocenters. The van der Waals surface area contributed by atoms with Crippen molar-refractivity contribution in [3.63, 3.8) is 0 Å². The number of hydrogen-bond donors (Lipinski definition) is 0. The zero-order valence-electron chi connectivity index (χ0n) is 8.66. The molecular weight excluding hydrogens is 172 g/mol. The minimum atomic E-state index is 0.367. The van der Waals surface area contributed by atoms with Crippen LogP contribution in [0.2, 0.25) is 0 Å². The van der Waals surface area contributed by atoms with E-state index in [0.717, 1.165) is 5.56 Å². The highest BCUT2D eigenvalue weighted by Gasteiger charge is 1.96. The molecule has 0 fully saturated rings. The molecule has 0 spiro atoms. The molecule has 1 aromatic carbocycles. The molecule has 0 saturated carbocycles. The first-order valence-corrected chi connectivity index (χ1v) is 4.85. The Morgan fingerprint density at radius 1 is 1.29 bits per heavy atom. The van der Waals surface area contributed by atoms with E-state index in [1.807, 2.05) is 18.4 Å². The molecule has 0 aromatic heterocycles. The van der Waals surface area contributed by atoms with Gasteiger partial charge >= 0.3 is 0 Å². The Kier molecular flexibility index (Phi) is 4.11. The van der Waals surface area contributed by atoms with Crippen LogP contribution in [-0.4, -0.2) is 6.29 Å². The predicted octanol–water partition coefficient (Wildman–Crippen LogP) is 3.32. The zero-order chi connectivity index (χ0) is 10.4. The largest absolute Gasteiger partial charge is 0.291 e. The van der Waals surface area contributed by atoms with Gasteiger partial charge in [-0.15, -0.1) is 0 Å². The summed E-state index contributed by atoms with van der Waals surface area (Å²) in [6, 6.07) is 8.37. The van der Waals surface area contributed by atoms with Crippen LogP contribution in [0.4, 0.5) is 0 Å². The minimum Gasteiger partial charge on any atom is -0.291 e. The van der Waals surface area contributed by atoms with Gasteiger partial charge in [0.25, 0.3) is 0 Å². The van der Waals surface area contributed by atoms with E-state index in [4.69, 9.17) is 0 Å². The molecule has 0 saturated heterocycles. The highest BCUT2D eigenvalue weighted by molar-refractivity contribution is 5.58. The quantitative estimate of drug-likeness (QED) is 0.706. The molecule has 0 bridgehead atoms. The molecule has 1 radical (unpaired) electrons. The third-order valence-corrected chi connectivity index (χ3v) is 2.11. The van der Waals surface area contributed by atoms with Crippen LogP contribution in [0.15, 0.2) is 30.3 Å². The molecule has 1 aromatic rings. The number of carbonyl (C=O) groups excluding carboxylic acids is 1. The Bertz CT molecular complexity index is 307. The van der Waals surface area contributed by atoms with E-state index in [1.54, 1.807) is 0 Å². The van der Waals surface area contributed by atoms with Crippen molar-refractivity contribution in [2.45, 2.75) is 26.2 Å². The summed E-state index contributed by atoms with van der Waals surface area (Å²) in [6.07, 6.45) is 5.95. The average Bonchev–Trinajstić information content (AvgIpc) is 2.19. The fourth-order valence-electron chi connectivity index (χ4n) is 1.24. The van der Waals surface area contributed by atoms with Crippen LogP contribution in [-0.2, 0) is 4.79 Å². The molecule has 0 aliphatic rings. The predicted molar refractivity (Wildman–Crippen MR) is 59.9 cm³/mol. The molecule has 0 heterocycles. The van der Waals surface area contributed by atoms with E-state index in [-0.39, 0.29) is 0 Å². The van der Waals surface area contributed by atoms with Crippen molar-refractivity contribution in [2.75, 3.05) is 0 Å². The fourth-order valence-corrected chi connectivity index (χ4v) is 1.24. The highest BCUT2D eigenvalue weighted by Crippen LogP contribution is 2.15. The topological polar surface area (TPSA) is 17.1 Å². The SMILES string of the molecule is CC(C)c1ccc(/C=C/C[C]=O)cc1. The number of benzene rings is 1. The lowest BCUT2D eigenvalue weighted by Crippen LogP contribution is -1.85. The van der Waals surface area contributed by atoms with Gasteiger partial charge in [-0.2, -0.15) is 0 Å². The van der Waals surface area contributed by atoms with Gasteiger partial charge < -0.3 is 0 Å². The first-order chi connectivity index (χ1) is 6.74. The van der Waals surface area contributed by atoms with Crippen LogP contribution in [0.3, 0.4) is 0 Å². The lowest BCUT2D eigenvalue weighted by molar-refractivity contribution is 0.556. The first-order valence-electron chi connectivity index (χ1n) is 4.85. The number of hydrogen-bond acceptors (Lipinski definition) is 1. The maximum atomic E-state index is 9.96. The van der Waals surface area contributed by atoms with Gasteiger partial charge in [-0.1, -0.05) is 50.3 Å². The molecule has 1 nitrogen and oxygen atoms in total. The fraction of sp³-hybridized carbons (Fsp3) is 0.308. The molecule has 73 valence electrons. The molecule has 1 rings (SSSR count). The first kappa shape index (κ1) is 10.7. The van der Waals surface area contributed by atoms with E-state index >= 15 is 0 Å². The lowest BCUT2D eigenvalue weighted by Gasteiger charge is -2.04. The maximum Gasteiger partial charge on any atom is 0.202 e. The number of allylic oxidation sites excluding steroid dienone is 1. The molecule has 14 heavy (non-hydrogen) atoms. The van der Waals surface area contributed by atoms with Gasteiger partial charge in [0.05, 0.1) is 0 Å². The average molecular weight is 187 g/mol. The second-order valence-electron chi connectivity index (χ2n) is 3.57. The van der Waals surface area contributed by atoms with Crippen LogP contribution in [0, 0.1) is 0 Å². The molecule has 0 N–H and O–H groups in total. The summed E-state index contributed by atoms with van der Waals surface area (Å²) in [5, 5.41) is 0. The summed E-state index contributed by atoms with van der Waals surface area (Å²) in [6.45, 7) is 4.35. The summed E-state index contributed by atoms with van der Waals surface area (Å²) in [5.74, 6) is 0.566.